The molecule has 3 nitrogen and oxygen atoms in total. The van der Waals surface area contributed by atoms with Crippen molar-refractivity contribution in [2.75, 3.05) is 0 Å². The maximum atomic E-state index is 13.7. The Kier molecular flexibility index (Phi) is 4.76. The fourth-order valence-corrected chi connectivity index (χ4v) is 3.86. The zero-order valence-electron chi connectivity index (χ0n) is 16.1. The lowest BCUT2D eigenvalue weighted by Crippen LogP contribution is -2.11. The number of primary amides is 1. The van der Waals surface area contributed by atoms with Crippen LogP contribution in [-0.4, -0.2) is 10.5 Å². The van der Waals surface area contributed by atoms with Crippen LogP contribution >= 0.6 is 0 Å². The summed E-state index contributed by atoms with van der Waals surface area (Å²) in [7, 11) is 0. The van der Waals surface area contributed by atoms with Crippen LogP contribution in [0, 0.1) is 5.82 Å². The van der Waals surface area contributed by atoms with E-state index in [1.54, 1.807) is 18.2 Å². The first-order valence-electron chi connectivity index (χ1n) is 9.40. The number of fused-ring (bicyclic) bond motifs is 3. The van der Waals surface area contributed by atoms with E-state index >= 15 is 0 Å². The second-order valence-corrected chi connectivity index (χ2v) is 7.17. The number of carbonyl (C=O) groups excluding carboxylic acids is 1. The van der Waals surface area contributed by atoms with Crippen LogP contribution in [0.4, 0.5) is 17.6 Å². The molecule has 1 heterocycles. The van der Waals surface area contributed by atoms with Gasteiger partial charge in [0.25, 0.3) is 0 Å². The minimum atomic E-state index is -4.78. The Morgan fingerprint density at radius 2 is 1.73 bits per heavy atom. The first-order valence-corrected chi connectivity index (χ1v) is 9.40. The quantitative estimate of drug-likeness (QED) is 0.430. The SMILES string of the molecule is CCc1ccc2c3c(C(N)=O)cccc3n(Cc3ccc(F)c(C(F)(F)F)c3)c2c1. The normalized spacial score (nSPS) is 12.0. The van der Waals surface area contributed by atoms with Gasteiger partial charge in [-0.25, -0.2) is 4.39 Å². The van der Waals surface area contributed by atoms with Crippen molar-refractivity contribution in [2.45, 2.75) is 26.1 Å². The molecule has 0 fully saturated rings. The number of nitrogens with two attached hydrogens (primary N) is 1. The van der Waals surface area contributed by atoms with Gasteiger partial charge in [0.15, 0.2) is 0 Å². The van der Waals surface area contributed by atoms with Crippen molar-refractivity contribution >= 4 is 27.7 Å². The molecule has 4 rings (SSSR count). The van der Waals surface area contributed by atoms with Crippen LogP contribution in [0.15, 0.2) is 54.6 Å². The van der Waals surface area contributed by atoms with Gasteiger partial charge in [-0.2, -0.15) is 13.2 Å². The number of aryl methyl sites for hydroxylation is 1. The molecule has 1 amide bonds. The molecule has 0 bridgehead atoms. The lowest BCUT2D eigenvalue weighted by Gasteiger charge is -2.12. The third-order valence-corrected chi connectivity index (χ3v) is 5.31. The molecule has 7 heteroatoms. The summed E-state index contributed by atoms with van der Waals surface area (Å²) in [4.78, 5) is 12.0. The first-order chi connectivity index (χ1) is 14.2. The van der Waals surface area contributed by atoms with Crippen molar-refractivity contribution in [3.05, 3.63) is 82.7 Å². The van der Waals surface area contributed by atoms with Crippen molar-refractivity contribution in [1.82, 2.24) is 4.57 Å². The van der Waals surface area contributed by atoms with Gasteiger partial charge in [-0.1, -0.05) is 31.2 Å². The average molecular weight is 414 g/mol. The summed E-state index contributed by atoms with van der Waals surface area (Å²) in [5.74, 6) is -1.89. The summed E-state index contributed by atoms with van der Waals surface area (Å²) in [6.45, 7) is 2.08. The van der Waals surface area contributed by atoms with Crippen LogP contribution in [0.3, 0.4) is 0 Å². The van der Waals surface area contributed by atoms with E-state index in [9.17, 15) is 22.4 Å². The van der Waals surface area contributed by atoms with Gasteiger partial charge in [0, 0.05) is 28.4 Å². The largest absolute Gasteiger partial charge is 0.419 e. The molecule has 1 aromatic heterocycles. The summed E-state index contributed by atoms with van der Waals surface area (Å²) in [6.07, 6.45) is -4.01. The van der Waals surface area contributed by atoms with Crippen LogP contribution in [0.2, 0.25) is 0 Å². The third kappa shape index (κ3) is 3.30. The van der Waals surface area contributed by atoms with Crippen molar-refractivity contribution in [3.63, 3.8) is 0 Å². The summed E-state index contributed by atoms with van der Waals surface area (Å²) in [5, 5.41) is 1.44. The average Bonchev–Trinajstić information content (AvgIpc) is 3.01. The summed E-state index contributed by atoms with van der Waals surface area (Å²) in [6, 6.07) is 13.9. The molecule has 0 saturated heterocycles. The number of hydrogen-bond donors (Lipinski definition) is 1. The fourth-order valence-electron chi connectivity index (χ4n) is 3.86. The van der Waals surface area contributed by atoms with Gasteiger partial charge in [-0.3, -0.25) is 4.79 Å². The maximum Gasteiger partial charge on any atom is 0.419 e. The van der Waals surface area contributed by atoms with Crippen LogP contribution in [-0.2, 0) is 19.1 Å². The molecule has 0 radical (unpaired) electrons. The number of carbonyl (C=O) groups is 1. The lowest BCUT2D eigenvalue weighted by molar-refractivity contribution is -0.140. The molecule has 0 unspecified atom stereocenters. The number of halogens is 4. The highest BCUT2D eigenvalue weighted by atomic mass is 19.4. The minimum absolute atomic E-state index is 0.0821. The predicted octanol–water partition coefficient (Wildman–Crippen LogP) is 5.66. The monoisotopic (exact) mass is 414 g/mol. The van der Waals surface area contributed by atoms with Crippen molar-refractivity contribution in [2.24, 2.45) is 5.73 Å². The molecule has 4 aromatic rings. The van der Waals surface area contributed by atoms with E-state index in [1.165, 1.54) is 6.07 Å². The highest BCUT2D eigenvalue weighted by molar-refractivity contribution is 6.17. The number of aromatic nitrogens is 1. The molecule has 0 saturated carbocycles. The first kappa shape index (κ1) is 19.9. The topological polar surface area (TPSA) is 48.0 Å². The minimum Gasteiger partial charge on any atom is -0.366 e. The molecular weight excluding hydrogens is 396 g/mol. The number of amides is 1. The second-order valence-electron chi connectivity index (χ2n) is 7.17. The van der Waals surface area contributed by atoms with Crippen LogP contribution in [0.1, 0.15) is 34.0 Å². The second kappa shape index (κ2) is 7.16. The van der Waals surface area contributed by atoms with E-state index in [4.69, 9.17) is 5.73 Å². The Labute approximate surface area is 169 Å². The molecule has 0 atom stereocenters. The lowest BCUT2D eigenvalue weighted by atomic mass is 10.0. The van der Waals surface area contributed by atoms with Gasteiger partial charge in [-0.15, -0.1) is 0 Å². The van der Waals surface area contributed by atoms with Crippen LogP contribution in [0.25, 0.3) is 21.8 Å². The maximum absolute atomic E-state index is 13.7. The Hall–Kier alpha value is -3.35. The number of hydrogen-bond acceptors (Lipinski definition) is 1. The Bertz CT molecular complexity index is 1290. The molecule has 154 valence electrons. The zero-order valence-corrected chi connectivity index (χ0v) is 16.1. The van der Waals surface area contributed by atoms with E-state index in [0.29, 0.717) is 22.0 Å². The number of benzene rings is 3. The molecular formula is C23H18F4N2O. The Morgan fingerprint density at radius 1 is 1.00 bits per heavy atom. The smallest absolute Gasteiger partial charge is 0.366 e. The summed E-state index contributed by atoms with van der Waals surface area (Å²) < 4.78 is 55.0. The van der Waals surface area contributed by atoms with Crippen LogP contribution < -0.4 is 5.73 Å². The number of nitrogens with zero attached hydrogens (tertiary/aromatic N) is 1. The fraction of sp³-hybridized carbons (Fsp3) is 0.174. The molecule has 0 aliphatic heterocycles. The highest BCUT2D eigenvalue weighted by Gasteiger charge is 2.34. The van der Waals surface area contributed by atoms with Gasteiger partial charge in [0.2, 0.25) is 5.91 Å². The zero-order chi connectivity index (χ0) is 21.6. The third-order valence-electron chi connectivity index (χ3n) is 5.31. The van der Waals surface area contributed by atoms with Crippen molar-refractivity contribution in [1.29, 1.82) is 0 Å². The molecule has 0 spiro atoms. The summed E-state index contributed by atoms with van der Waals surface area (Å²) in [5.41, 5.74) is 7.39. The van der Waals surface area contributed by atoms with Crippen molar-refractivity contribution < 1.29 is 22.4 Å². The summed E-state index contributed by atoms with van der Waals surface area (Å²) >= 11 is 0. The van der Waals surface area contributed by atoms with Gasteiger partial charge >= 0.3 is 6.18 Å². The van der Waals surface area contributed by atoms with Crippen LogP contribution in [0.5, 0.6) is 0 Å². The van der Waals surface area contributed by atoms with E-state index < -0.39 is 23.5 Å². The molecule has 30 heavy (non-hydrogen) atoms. The van der Waals surface area contributed by atoms with E-state index in [-0.39, 0.29) is 6.54 Å². The van der Waals surface area contributed by atoms with E-state index in [0.717, 1.165) is 35.0 Å². The predicted molar refractivity (Wildman–Crippen MR) is 108 cm³/mol. The van der Waals surface area contributed by atoms with Gasteiger partial charge in [0.1, 0.15) is 5.82 Å². The number of rotatable bonds is 4. The van der Waals surface area contributed by atoms with Gasteiger partial charge < -0.3 is 10.3 Å². The highest BCUT2D eigenvalue weighted by Crippen LogP contribution is 2.35. The van der Waals surface area contributed by atoms with E-state index in [1.807, 2.05) is 29.7 Å². The molecule has 0 aliphatic rings. The van der Waals surface area contributed by atoms with E-state index in [2.05, 4.69) is 0 Å². The standard InChI is InChI=1S/C23H18F4N2O/c1-2-13-6-8-15-20(11-13)29(19-5-3-4-16(21(15)19)22(28)30)12-14-7-9-18(24)17(10-14)23(25,26)27/h3-11H,2,12H2,1H3,(H2,28,30). The Balaban J connectivity index is 1.98. The van der Waals surface area contributed by atoms with Gasteiger partial charge in [0.05, 0.1) is 11.1 Å². The number of alkyl halides is 3. The molecule has 0 aliphatic carbocycles. The van der Waals surface area contributed by atoms with Crippen molar-refractivity contribution in [3.8, 4) is 0 Å². The molecule has 2 N–H and O–H groups in total. The Morgan fingerprint density at radius 3 is 2.40 bits per heavy atom. The van der Waals surface area contributed by atoms with Gasteiger partial charge in [-0.05, 0) is 47.9 Å². The molecule has 3 aromatic carbocycles.